The van der Waals surface area contributed by atoms with Crippen LogP contribution in [0.25, 0.3) is 0 Å². The lowest BCUT2D eigenvalue weighted by Crippen LogP contribution is -2.54. The predicted octanol–water partition coefficient (Wildman–Crippen LogP) is 4.16. The lowest BCUT2D eigenvalue weighted by Gasteiger charge is -2.43. The Morgan fingerprint density at radius 3 is 2.48 bits per heavy atom. The number of aliphatic hydroxyl groups is 1. The molecule has 2 rings (SSSR count). The van der Waals surface area contributed by atoms with Crippen LogP contribution < -0.4 is 0 Å². The van der Waals surface area contributed by atoms with Crippen molar-refractivity contribution in [2.45, 2.75) is 84.6 Å². The standard InChI is InChI=1S/C22H38O6Si/c1-10-25-19(24)22(18(23)17-14-26-21(6,7)27-17)13-16(12-11-15(22)2)28-29(8,9)20(3,4)5/h11-13,15,17-18,23H,10,14H2,1-9H3/t15-,17-,18+,22-/m1/s1. The minimum absolute atomic E-state index is 0.00236. The quantitative estimate of drug-likeness (QED) is 0.508. The zero-order valence-corrected chi connectivity index (χ0v) is 20.4. The third-order valence-corrected chi connectivity index (χ3v) is 10.7. The fourth-order valence-electron chi connectivity index (χ4n) is 3.48. The third-order valence-electron chi connectivity index (χ3n) is 6.36. The van der Waals surface area contributed by atoms with Crippen molar-refractivity contribution in [2.75, 3.05) is 13.2 Å². The molecule has 0 spiro atoms. The van der Waals surface area contributed by atoms with Gasteiger partial charge in [-0.15, -0.1) is 0 Å². The highest BCUT2D eigenvalue weighted by Gasteiger charge is 2.55. The summed E-state index contributed by atoms with van der Waals surface area (Å²) in [6, 6.07) is 0. The van der Waals surface area contributed by atoms with E-state index < -0.39 is 37.7 Å². The molecule has 0 aromatic rings. The normalized spacial score (nSPS) is 30.6. The van der Waals surface area contributed by atoms with E-state index in [1.807, 2.05) is 19.1 Å². The van der Waals surface area contributed by atoms with Gasteiger partial charge in [-0.1, -0.05) is 33.8 Å². The zero-order chi connectivity index (χ0) is 22.3. The van der Waals surface area contributed by atoms with Gasteiger partial charge < -0.3 is 23.7 Å². The van der Waals surface area contributed by atoms with Crippen LogP contribution in [0.5, 0.6) is 0 Å². The van der Waals surface area contributed by atoms with Crippen LogP contribution >= 0.6 is 0 Å². The molecular weight excluding hydrogens is 388 g/mol. The van der Waals surface area contributed by atoms with Crippen molar-refractivity contribution >= 4 is 14.3 Å². The Hall–Kier alpha value is -1.15. The molecule has 7 heteroatoms. The lowest BCUT2D eigenvalue weighted by molar-refractivity contribution is -0.180. The number of esters is 1. The summed E-state index contributed by atoms with van der Waals surface area (Å²) in [5, 5.41) is 11.4. The maximum absolute atomic E-state index is 13.2. The van der Waals surface area contributed by atoms with Crippen molar-refractivity contribution in [1.82, 2.24) is 0 Å². The van der Waals surface area contributed by atoms with E-state index in [-0.39, 0.29) is 24.2 Å². The molecule has 1 N–H and O–H groups in total. The van der Waals surface area contributed by atoms with Crippen molar-refractivity contribution < 1.29 is 28.5 Å². The van der Waals surface area contributed by atoms with E-state index in [9.17, 15) is 9.90 Å². The number of aliphatic hydroxyl groups excluding tert-OH is 1. The molecule has 0 aromatic carbocycles. The first-order valence-corrected chi connectivity index (χ1v) is 13.3. The van der Waals surface area contributed by atoms with Gasteiger partial charge >= 0.3 is 5.97 Å². The largest absolute Gasteiger partial charge is 0.544 e. The van der Waals surface area contributed by atoms with Crippen LogP contribution in [-0.2, 0) is 23.4 Å². The molecule has 29 heavy (non-hydrogen) atoms. The number of allylic oxidation sites excluding steroid dienone is 2. The van der Waals surface area contributed by atoms with Crippen molar-refractivity contribution in [3.63, 3.8) is 0 Å². The van der Waals surface area contributed by atoms with Gasteiger partial charge in [-0.05, 0) is 57.0 Å². The van der Waals surface area contributed by atoms with E-state index in [0.29, 0.717) is 5.76 Å². The summed E-state index contributed by atoms with van der Waals surface area (Å²) in [6.07, 6.45) is 3.76. The van der Waals surface area contributed by atoms with Crippen LogP contribution in [0, 0.1) is 11.3 Å². The maximum Gasteiger partial charge on any atom is 0.319 e. The highest BCUT2D eigenvalue weighted by molar-refractivity contribution is 6.74. The minimum atomic E-state index is -2.13. The van der Waals surface area contributed by atoms with Gasteiger partial charge in [0.25, 0.3) is 0 Å². The summed E-state index contributed by atoms with van der Waals surface area (Å²) < 4.78 is 23.4. The molecule has 166 valence electrons. The van der Waals surface area contributed by atoms with Crippen LogP contribution in [-0.4, -0.2) is 50.6 Å². The summed E-state index contributed by atoms with van der Waals surface area (Å²) in [6.45, 7) is 18.5. The smallest absolute Gasteiger partial charge is 0.319 e. The fourth-order valence-corrected chi connectivity index (χ4v) is 4.50. The van der Waals surface area contributed by atoms with Gasteiger partial charge in [-0.2, -0.15) is 0 Å². The van der Waals surface area contributed by atoms with Crippen LogP contribution in [0.2, 0.25) is 18.1 Å². The van der Waals surface area contributed by atoms with Gasteiger partial charge in [0.2, 0.25) is 8.32 Å². The lowest BCUT2D eigenvalue weighted by atomic mass is 9.67. The number of carbonyl (C=O) groups excluding carboxylic acids is 1. The first-order valence-electron chi connectivity index (χ1n) is 10.4. The second-order valence-corrected chi connectivity index (χ2v) is 14.7. The molecule has 0 bridgehead atoms. The van der Waals surface area contributed by atoms with Crippen LogP contribution in [0.4, 0.5) is 0 Å². The number of rotatable bonds is 6. The average Bonchev–Trinajstić information content (AvgIpc) is 2.95. The molecule has 1 heterocycles. The van der Waals surface area contributed by atoms with Gasteiger partial charge in [0.1, 0.15) is 17.6 Å². The summed E-state index contributed by atoms with van der Waals surface area (Å²) in [7, 11) is -2.13. The Morgan fingerprint density at radius 1 is 1.38 bits per heavy atom. The van der Waals surface area contributed by atoms with Crippen LogP contribution in [0.1, 0.15) is 48.5 Å². The second-order valence-electron chi connectivity index (χ2n) is 10.0. The first kappa shape index (κ1) is 24.1. The van der Waals surface area contributed by atoms with Gasteiger partial charge in [0, 0.05) is 0 Å². The van der Waals surface area contributed by atoms with Gasteiger partial charge in [0.15, 0.2) is 5.79 Å². The van der Waals surface area contributed by atoms with Gasteiger partial charge in [-0.25, -0.2) is 0 Å². The van der Waals surface area contributed by atoms with E-state index in [1.54, 1.807) is 26.8 Å². The molecule has 4 atom stereocenters. The van der Waals surface area contributed by atoms with Gasteiger partial charge in [-0.3, -0.25) is 4.79 Å². The van der Waals surface area contributed by atoms with E-state index in [1.165, 1.54) is 0 Å². The average molecular weight is 427 g/mol. The topological polar surface area (TPSA) is 74.2 Å². The van der Waals surface area contributed by atoms with Crippen molar-refractivity contribution in [3.05, 3.63) is 24.0 Å². The van der Waals surface area contributed by atoms with E-state index in [2.05, 4.69) is 33.9 Å². The Bertz CT molecular complexity index is 675. The zero-order valence-electron chi connectivity index (χ0n) is 19.4. The van der Waals surface area contributed by atoms with E-state index in [0.717, 1.165) is 0 Å². The summed E-state index contributed by atoms with van der Waals surface area (Å²) in [5.74, 6) is -0.982. The minimum Gasteiger partial charge on any atom is -0.544 e. The Labute approximate surface area is 176 Å². The molecule has 6 nitrogen and oxygen atoms in total. The molecule has 1 saturated heterocycles. The summed E-state index contributed by atoms with van der Waals surface area (Å²) in [4.78, 5) is 13.2. The number of hydrogen-bond acceptors (Lipinski definition) is 6. The molecule has 0 aromatic heterocycles. The van der Waals surface area contributed by atoms with Crippen molar-refractivity contribution in [2.24, 2.45) is 11.3 Å². The monoisotopic (exact) mass is 426 g/mol. The van der Waals surface area contributed by atoms with Crippen molar-refractivity contribution in [3.8, 4) is 0 Å². The fraction of sp³-hybridized carbons (Fsp3) is 0.773. The number of hydrogen-bond donors (Lipinski definition) is 1. The highest BCUT2D eigenvalue weighted by Crippen LogP contribution is 2.46. The molecule has 0 saturated carbocycles. The third kappa shape index (κ3) is 4.79. The molecule has 1 fully saturated rings. The SMILES string of the molecule is CCOC(=O)[C@]1([C@@H](O)[C@H]2COC(C)(C)O2)C=C(O[Si](C)(C)C(C)(C)C)C=C[C@H]1C. The van der Waals surface area contributed by atoms with E-state index in [4.69, 9.17) is 18.6 Å². The molecule has 1 aliphatic heterocycles. The second kappa shape index (κ2) is 8.17. The Morgan fingerprint density at radius 2 is 2.00 bits per heavy atom. The number of ether oxygens (including phenoxy) is 3. The highest BCUT2D eigenvalue weighted by atomic mass is 28.4. The van der Waals surface area contributed by atoms with Crippen LogP contribution in [0.15, 0.2) is 24.0 Å². The van der Waals surface area contributed by atoms with Crippen LogP contribution in [0.3, 0.4) is 0 Å². The summed E-state index contributed by atoms with van der Waals surface area (Å²) in [5.41, 5.74) is -1.31. The van der Waals surface area contributed by atoms with E-state index >= 15 is 0 Å². The molecule has 0 unspecified atom stereocenters. The maximum atomic E-state index is 13.2. The Kier molecular flexibility index (Phi) is 6.80. The Balaban J connectivity index is 2.47. The molecule has 0 radical (unpaired) electrons. The first-order chi connectivity index (χ1) is 13.2. The molecule has 1 aliphatic carbocycles. The molecule has 2 aliphatic rings. The van der Waals surface area contributed by atoms with Crippen molar-refractivity contribution in [1.29, 1.82) is 0 Å². The summed E-state index contributed by atoms with van der Waals surface area (Å²) >= 11 is 0. The van der Waals surface area contributed by atoms with Gasteiger partial charge in [0.05, 0.1) is 19.0 Å². The molecular formula is C22H38O6Si. The predicted molar refractivity (Wildman–Crippen MR) is 115 cm³/mol. The molecule has 0 amide bonds. The number of carbonyl (C=O) groups is 1.